The lowest BCUT2D eigenvalue weighted by atomic mass is 10.1. The van der Waals surface area contributed by atoms with Crippen molar-refractivity contribution in [1.82, 2.24) is 0 Å². The Hall–Kier alpha value is -1.60. The van der Waals surface area contributed by atoms with Gasteiger partial charge in [-0.3, -0.25) is 0 Å². The molecule has 0 bridgehead atoms. The molecule has 0 aliphatic carbocycles. The van der Waals surface area contributed by atoms with Gasteiger partial charge in [0.1, 0.15) is 11.9 Å². The highest BCUT2D eigenvalue weighted by atomic mass is 19.1. The van der Waals surface area contributed by atoms with Gasteiger partial charge in [-0.25, -0.2) is 4.39 Å². The summed E-state index contributed by atoms with van der Waals surface area (Å²) in [4.78, 5) is 2.06. The predicted octanol–water partition coefficient (Wildman–Crippen LogP) is 2.99. The summed E-state index contributed by atoms with van der Waals surface area (Å²) >= 11 is 0. The Bertz CT molecular complexity index is 466. The third-order valence-electron chi connectivity index (χ3n) is 3.13. The molecule has 0 aliphatic rings. The van der Waals surface area contributed by atoms with Crippen molar-refractivity contribution in [2.45, 2.75) is 39.7 Å². The van der Waals surface area contributed by atoms with Crippen LogP contribution in [0.2, 0.25) is 0 Å². The molecule has 1 atom stereocenters. The van der Waals surface area contributed by atoms with E-state index in [0.29, 0.717) is 18.5 Å². The van der Waals surface area contributed by atoms with Gasteiger partial charge in [-0.1, -0.05) is 6.92 Å². The van der Waals surface area contributed by atoms with E-state index in [0.717, 1.165) is 18.7 Å². The quantitative estimate of drug-likeness (QED) is 0.859. The number of nitrogens with zero attached hydrogens (tertiary/aromatic N) is 2. The number of halogens is 1. The molecule has 3 nitrogen and oxygen atoms in total. The molecule has 1 rings (SSSR count). The number of anilines is 1. The third-order valence-corrected chi connectivity index (χ3v) is 3.13. The zero-order valence-corrected chi connectivity index (χ0v) is 11.8. The molecule has 0 aromatic heterocycles. The molecular formula is C15H21FN2O. The summed E-state index contributed by atoms with van der Waals surface area (Å²) in [5.74, 6) is -0.446. The summed E-state index contributed by atoms with van der Waals surface area (Å²) < 4.78 is 14.0. The number of hydrogen-bond acceptors (Lipinski definition) is 3. The predicted molar refractivity (Wildman–Crippen MR) is 74.7 cm³/mol. The maximum absolute atomic E-state index is 14.0. The van der Waals surface area contributed by atoms with Crippen molar-refractivity contribution in [2.24, 2.45) is 0 Å². The van der Waals surface area contributed by atoms with Crippen LogP contribution in [-0.4, -0.2) is 24.3 Å². The molecule has 0 aliphatic heterocycles. The molecule has 4 heteroatoms. The number of hydrogen-bond donors (Lipinski definition) is 1. The summed E-state index contributed by atoms with van der Waals surface area (Å²) in [6.45, 7) is 6.98. The summed E-state index contributed by atoms with van der Waals surface area (Å²) in [7, 11) is 0. The summed E-state index contributed by atoms with van der Waals surface area (Å²) in [5, 5.41) is 18.2. The second-order valence-corrected chi connectivity index (χ2v) is 4.81. The molecular weight excluding hydrogens is 243 g/mol. The van der Waals surface area contributed by atoms with E-state index < -0.39 is 5.82 Å². The van der Waals surface area contributed by atoms with E-state index in [-0.39, 0.29) is 11.7 Å². The monoisotopic (exact) mass is 264 g/mol. The van der Waals surface area contributed by atoms with Gasteiger partial charge < -0.3 is 10.0 Å². The van der Waals surface area contributed by atoms with E-state index in [2.05, 4.69) is 11.8 Å². The molecule has 0 fully saturated rings. The van der Waals surface area contributed by atoms with Crippen LogP contribution in [0.25, 0.3) is 0 Å². The maximum atomic E-state index is 14.0. The van der Waals surface area contributed by atoms with E-state index in [1.165, 1.54) is 6.07 Å². The van der Waals surface area contributed by atoms with Crippen molar-refractivity contribution < 1.29 is 9.50 Å². The van der Waals surface area contributed by atoms with Crippen molar-refractivity contribution in [3.8, 4) is 6.07 Å². The lowest BCUT2D eigenvalue weighted by Crippen LogP contribution is -2.28. The number of aliphatic hydroxyl groups excluding tert-OH is 1. The fourth-order valence-corrected chi connectivity index (χ4v) is 2.07. The topological polar surface area (TPSA) is 47.3 Å². The van der Waals surface area contributed by atoms with Crippen LogP contribution in [-0.2, 0) is 0 Å². The normalized spacial score (nSPS) is 12.0. The molecule has 0 heterocycles. The minimum Gasteiger partial charge on any atom is -0.393 e. The van der Waals surface area contributed by atoms with Gasteiger partial charge >= 0.3 is 0 Å². The van der Waals surface area contributed by atoms with E-state index in [9.17, 15) is 9.50 Å². The van der Waals surface area contributed by atoms with Gasteiger partial charge in [0, 0.05) is 24.3 Å². The van der Waals surface area contributed by atoms with Crippen LogP contribution in [0.4, 0.5) is 10.1 Å². The highest BCUT2D eigenvalue weighted by molar-refractivity contribution is 5.57. The second kappa shape index (κ2) is 7.10. The molecule has 0 spiro atoms. The van der Waals surface area contributed by atoms with Crippen LogP contribution >= 0.6 is 0 Å². The number of benzene rings is 1. The Balaban J connectivity index is 3.03. The first-order valence-electron chi connectivity index (χ1n) is 6.63. The zero-order valence-electron chi connectivity index (χ0n) is 11.8. The molecule has 19 heavy (non-hydrogen) atoms. The second-order valence-electron chi connectivity index (χ2n) is 4.81. The molecule has 0 amide bonds. The average molecular weight is 264 g/mol. The SMILES string of the molecule is CCCN(CC[C@H](C)O)c1ccc(C#N)c(F)c1C. The van der Waals surface area contributed by atoms with Crippen LogP contribution in [0.1, 0.15) is 37.8 Å². The summed E-state index contributed by atoms with van der Waals surface area (Å²) in [5.41, 5.74) is 1.38. The standard InChI is InChI=1S/C15H21FN2O/c1-4-8-18(9-7-11(2)19)14-6-5-13(10-17)15(16)12(14)3/h5-6,11,19H,4,7-9H2,1-3H3/t11-/m0/s1. The Morgan fingerprint density at radius 3 is 2.63 bits per heavy atom. The molecule has 0 saturated heterocycles. The molecule has 1 aromatic rings. The first-order chi connectivity index (χ1) is 9.01. The van der Waals surface area contributed by atoms with Crippen molar-refractivity contribution in [3.05, 3.63) is 29.1 Å². The first-order valence-corrected chi connectivity index (χ1v) is 6.63. The highest BCUT2D eigenvalue weighted by Crippen LogP contribution is 2.25. The fourth-order valence-electron chi connectivity index (χ4n) is 2.07. The van der Waals surface area contributed by atoms with E-state index in [1.54, 1.807) is 19.9 Å². The van der Waals surface area contributed by atoms with Crippen LogP contribution in [0.15, 0.2) is 12.1 Å². The smallest absolute Gasteiger partial charge is 0.145 e. The molecule has 0 saturated carbocycles. The minimum atomic E-state index is -0.446. The molecule has 0 radical (unpaired) electrons. The summed E-state index contributed by atoms with van der Waals surface area (Å²) in [6, 6.07) is 5.15. The van der Waals surface area contributed by atoms with E-state index in [4.69, 9.17) is 5.26 Å². The molecule has 1 aromatic carbocycles. The zero-order chi connectivity index (χ0) is 14.4. The fraction of sp³-hybridized carbons (Fsp3) is 0.533. The highest BCUT2D eigenvalue weighted by Gasteiger charge is 2.14. The number of aliphatic hydroxyl groups is 1. The van der Waals surface area contributed by atoms with Crippen LogP contribution < -0.4 is 4.90 Å². The molecule has 104 valence electrons. The van der Waals surface area contributed by atoms with Gasteiger partial charge in [0.25, 0.3) is 0 Å². The lowest BCUT2D eigenvalue weighted by Gasteiger charge is -2.27. The first kappa shape index (κ1) is 15.5. The van der Waals surface area contributed by atoms with Gasteiger partial charge in [-0.15, -0.1) is 0 Å². The van der Waals surface area contributed by atoms with Gasteiger partial charge in [-0.05, 0) is 38.8 Å². The van der Waals surface area contributed by atoms with Crippen LogP contribution in [0.3, 0.4) is 0 Å². The van der Waals surface area contributed by atoms with Crippen molar-refractivity contribution >= 4 is 5.69 Å². The Kier molecular flexibility index (Phi) is 5.78. The van der Waals surface area contributed by atoms with Gasteiger partial charge in [-0.2, -0.15) is 5.26 Å². The van der Waals surface area contributed by atoms with Gasteiger partial charge in [0.05, 0.1) is 11.7 Å². The van der Waals surface area contributed by atoms with E-state index in [1.807, 2.05) is 6.07 Å². The average Bonchev–Trinajstić information content (AvgIpc) is 2.38. The van der Waals surface area contributed by atoms with Crippen molar-refractivity contribution in [2.75, 3.05) is 18.0 Å². The Morgan fingerprint density at radius 2 is 2.11 bits per heavy atom. The van der Waals surface area contributed by atoms with E-state index >= 15 is 0 Å². The largest absolute Gasteiger partial charge is 0.393 e. The number of nitriles is 1. The maximum Gasteiger partial charge on any atom is 0.145 e. The van der Waals surface area contributed by atoms with Gasteiger partial charge in [0.2, 0.25) is 0 Å². The molecule has 1 N–H and O–H groups in total. The third kappa shape index (κ3) is 3.93. The Labute approximate surface area is 114 Å². The van der Waals surface area contributed by atoms with Gasteiger partial charge in [0.15, 0.2) is 0 Å². The van der Waals surface area contributed by atoms with Crippen LogP contribution in [0, 0.1) is 24.1 Å². The Morgan fingerprint density at radius 1 is 1.42 bits per heavy atom. The summed E-state index contributed by atoms with van der Waals surface area (Å²) in [6.07, 6.45) is 1.21. The molecule has 0 unspecified atom stereocenters. The van der Waals surface area contributed by atoms with Crippen molar-refractivity contribution in [3.63, 3.8) is 0 Å². The lowest BCUT2D eigenvalue weighted by molar-refractivity contribution is 0.186. The minimum absolute atomic E-state index is 0.0771. The van der Waals surface area contributed by atoms with Crippen LogP contribution in [0.5, 0.6) is 0 Å². The number of rotatable bonds is 6. The van der Waals surface area contributed by atoms with Crippen molar-refractivity contribution in [1.29, 1.82) is 5.26 Å².